The Morgan fingerprint density at radius 3 is 2.65 bits per heavy atom. The molecule has 0 unspecified atom stereocenters. The van der Waals surface area contributed by atoms with Gasteiger partial charge < -0.3 is 5.32 Å². The fourth-order valence-electron chi connectivity index (χ4n) is 1.63. The predicted octanol–water partition coefficient (Wildman–Crippen LogP) is 3.29. The number of nitro groups is 1. The van der Waals surface area contributed by atoms with Gasteiger partial charge in [0, 0.05) is 23.4 Å². The second-order valence-electron chi connectivity index (χ2n) is 4.23. The zero-order valence-corrected chi connectivity index (χ0v) is 10.6. The highest BCUT2D eigenvalue weighted by Crippen LogP contribution is 2.18. The Hall–Kier alpha value is -2.76. The molecule has 0 atom stereocenters. The lowest BCUT2D eigenvalue weighted by Gasteiger charge is -2.06. The van der Waals surface area contributed by atoms with E-state index < -0.39 is 16.6 Å². The largest absolute Gasteiger partial charge is 0.322 e. The standard InChI is InChI=1S/C14H11FN2O3/c1-9-5-6-10(7-13(9)15)14(18)16-11-3-2-4-12(8-11)17(19)20/h2-8H,1H3,(H,16,18). The SMILES string of the molecule is Cc1ccc(C(=O)Nc2cccc([N+](=O)[O-])c2)cc1F. The van der Waals surface area contributed by atoms with Gasteiger partial charge in [0.2, 0.25) is 0 Å². The number of carbonyl (C=O) groups excluding carboxylic acids is 1. The van der Waals surface area contributed by atoms with Crippen LogP contribution in [0.4, 0.5) is 15.8 Å². The van der Waals surface area contributed by atoms with E-state index in [0.29, 0.717) is 5.56 Å². The molecule has 20 heavy (non-hydrogen) atoms. The van der Waals surface area contributed by atoms with Crippen molar-refractivity contribution in [3.8, 4) is 0 Å². The van der Waals surface area contributed by atoms with Crippen molar-refractivity contribution in [1.82, 2.24) is 0 Å². The molecule has 1 N–H and O–H groups in total. The monoisotopic (exact) mass is 274 g/mol. The first-order chi connectivity index (χ1) is 9.47. The minimum atomic E-state index is -0.554. The van der Waals surface area contributed by atoms with Crippen LogP contribution in [0, 0.1) is 22.9 Å². The molecule has 2 aromatic rings. The van der Waals surface area contributed by atoms with Crippen LogP contribution in [0.1, 0.15) is 15.9 Å². The smallest absolute Gasteiger partial charge is 0.271 e. The predicted molar refractivity (Wildman–Crippen MR) is 72.2 cm³/mol. The average Bonchev–Trinajstić information content (AvgIpc) is 2.42. The first kappa shape index (κ1) is 13.7. The summed E-state index contributed by atoms with van der Waals surface area (Å²) < 4.78 is 13.4. The lowest BCUT2D eigenvalue weighted by atomic mass is 10.1. The number of nitrogens with zero attached hydrogens (tertiary/aromatic N) is 1. The van der Waals surface area contributed by atoms with Crippen LogP contribution in [-0.4, -0.2) is 10.8 Å². The molecule has 0 bridgehead atoms. The molecule has 0 aliphatic heterocycles. The van der Waals surface area contributed by atoms with Crippen molar-refractivity contribution in [1.29, 1.82) is 0 Å². The number of aryl methyl sites for hydroxylation is 1. The number of carbonyl (C=O) groups is 1. The van der Waals surface area contributed by atoms with Crippen LogP contribution in [-0.2, 0) is 0 Å². The Kier molecular flexibility index (Phi) is 3.74. The molecule has 2 rings (SSSR count). The van der Waals surface area contributed by atoms with Crippen LogP contribution in [0.3, 0.4) is 0 Å². The minimum Gasteiger partial charge on any atom is -0.322 e. The van der Waals surface area contributed by atoms with Gasteiger partial charge in [-0.2, -0.15) is 0 Å². The van der Waals surface area contributed by atoms with Crippen LogP contribution in [0.2, 0.25) is 0 Å². The molecule has 0 spiro atoms. The van der Waals surface area contributed by atoms with E-state index in [1.165, 1.54) is 36.4 Å². The summed E-state index contributed by atoms with van der Waals surface area (Å²) in [6.07, 6.45) is 0. The molecule has 102 valence electrons. The average molecular weight is 274 g/mol. The van der Waals surface area contributed by atoms with E-state index in [-0.39, 0.29) is 16.9 Å². The van der Waals surface area contributed by atoms with Gasteiger partial charge in [-0.05, 0) is 30.7 Å². The summed E-state index contributed by atoms with van der Waals surface area (Å²) in [7, 11) is 0. The van der Waals surface area contributed by atoms with Crippen molar-refractivity contribution in [2.45, 2.75) is 6.92 Å². The van der Waals surface area contributed by atoms with Crippen LogP contribution in [0.25, 0.3) is 0 Å². The van der Waals surface area contributed by atoms with Gasteiger partial charge in [0.15, 0.2) is 0 Å². The quantitative estimate of drug-likeness (QED) is 0.689. The topological polar surface area (TPSA) is 72.2 Å². The van der Waals surface area contributed by atoms with Gasteiger partial charge in [0.1, 0.15) is 5.82 Å². The number of halogens is 1. The minimum absolute atomic E-state index is 0.127. The Balaban J connectivity index is 2.21. The second-order valence-corrected chi connectivity index (χ2v) is 4.23. The molecule has 0 heterocycles. The van der Waals surface area contributed by atoms with Crippen molar-refractivity contribution in [2.24, 2.45) is 0 Å². The van der Waals surface area contributed by atoms with Gasteiger partial charge in [-0.3, -0.25) is 14.9 Å². The van der Waals surface area contributed by atoms with Gasteiger partial charge in [-0.1, -0.05) is 12.1 Å². The summed E-state index contributed by atoms with van der Waals surface area (Å²) in [5.41, 5.74) is 0.750. The summed E-state index contributed by atoms with van der Waals surface area (Å²) in [5, 5.41) is 13.1. The summed E-state index contributed by atoms with van der Waals surface area (Å²) in [4.78, 5) is 22.0. The summed E-state index contributed by atoms with van der Waals surface area (Å²) in [6, 6.07) is 9.66. The molecular weight excluding hydrogens is 263 g/mol. The van der Waals surface area contributed by atoms with Crippen molar-refractivity contribution in [3.63, 3.8) is 0 Å². The molecule has 0 aliphatic carbocycles. The van der Waals surface area contributed by atoms with Gasteiger partial charge in [0.25, 0.3) is 11.6 Å². The van der Waals surface area contributed by atoms with Crippen molar-refractivity contribution < 1.29 is 14.1 Å². The van der Waals surface area contributed by atoms with Gasteiger partial charge in [0.05, 0.1) is 4.92 Å². The summed E-state index contributed by atoms with van der Waals surface area (Å²) >= 11 is 0. The molecule has 2 aromatic carbocycles. The Morgan fingerprint density at radius 1 is 1.25 bits per heavy atom. The third-order valence-electron chi connectivity index (χ3n) is 2.75. The number of hydrogen-bond donors (Lipinski definition) is 1. The number of non-ortho nitro benzene ring substituents is 1. The fourth-order valence-corrected chi connectivity index (χ4v) is 1.63. The number of rotatable bonds is 3. The fraction of sp³-hybridized carbons (Fsp3) is 0.0714. The lowest BCUT2D eigenvalue weighted by molar-refractivity contribution is -0.384. The van der Waals surface area contributed by atoms with Crippen molar-refractivity contribution in [3.05, 3.63) is 69.5 Å². The molecule has 0 radical (unpaired) electrons. The van der Waals surface area contributed by atoms with Crippen LogP contribution >= 0.6 is 0 Å². The number of anilines is 1. The van der Waals surface area contributed by atoms with Crippen molar-refractivity contribution in [2.75, 3.05) is 5.32 Å². The summed E-state index contributed by atoms with van der Waals surface area (Å²) in [6.45, 7) is 1.59. The van der Waals surface area contributed by atoms with E-state index in [0.717, 1.165) is 6.07 Å². The first-order valence-electron chi connectivity index (χ1n) is 5.79. The third-order valence-corrected chi connectivity index (χ3v) is 2.75. The zero-order valence-electron chi connectivity index (χ0n) is 10.6. The molecular formula is C14H11FN2O3. The number of hydrogen-bond acceptors (Lipinski definition) is 3. The van der Waals surface area contributed by atoms with Gasteiger partial charge >= 0.3 is 0 Å². The van der Waals surface area contributed by atoms with Gasteiger partial charge in [-0.25, -0.2) is 4.39 Å². The number of benzene rings is 2. The number of amides is 1. The van der Waals surface area contributed by atoms with E-state index in [2.05, 4.69) is 5.32 Å². The van der Waals surface area contributed by atoms with Crippen LogP contribution in [0.15, 0.2) is 42.5 Å². The highest BCUT2D eigenvalue weighted by atomic mass is 19.1. The van der Waals surface area contributed by atoms with Gasteiger partial charge in [-0.15, -0.1) is 0 Å². The first-order valence-corrected chi connectivity index (χ1v) is 5.79. The molecule has 5 nitrogen and oxygen atoms in total. The molecule has 1 amide bonds. The maximum Gasteiger partial charge on any atom is 0.271 e. The normalized spacial score (nSPS) is 10.1. The zero-order chi connectivity index (χ0) is 14.7. The second kappa shape index (κ2) is 5.48. The van der Waals surface area contributed by atoms with Crippen LogP contribution in [0.5, 0.6) is 0 Å². The Labute approximate surface area is 114 Å². The highest BCUT2D eigenvalue weighted by molar-refractivity contribution is 6.04. The molecule has 0 aliphatic rings. The lowest BCUT2D eigenvalue weighted by Crippen LogP contribution is -2.12. The molecule has 0 saturated heterocycles. The van der Waals surface area contributed by atoms with E-state index >= 15 is 0 Å². The van der Waals surface area contributed by atoms with E-state index in [1.54, 1.807) is 6.92 Å². The van der Waals surface area contributed by atoms with Crippen molar-refractivity contribution >= 4 is 17.3 Å². The van der Waals surface area contributed by atoms with E-state index in [4.69, 9.17) is 0 Å². The highest BCUT2D eigenvalue weighted by Gasteiger charge is 2.11. The van der Waals surface area contributed by atoms with E-state index in [9.17, 15) is 19.3 Å². The number of nitro benzene ring substituents is 1. The Morgan fingerprint density at radius 2 is 2.00 bits per heavy atom. The maximum atomic E-state index is 13.4. The molecule has 0 aromatic heterocycles. The molecule has 0 saturated carbocycles. The molecule has 0 fully saturated rings. The summed E-state index contributed by atoms with van der Waals surface area (Å²) in [5.74, 6) is -0.999. The van der Waals surface area contributed by atoms with E-state index in [1.807, 2.05) is 0 Å². The molecule has 6 heteroatoms. The number of nitrogens with one attached hydrogen (secondary N) is 1. The Bertz CT molecular complexity index is 686. The maximum absolute atomic E-state index is 13.4. The third kappa shape index (κ3) is 2.97. The van der Waals surface area contributed by atoms with Crippen LogP contribution < -0.4 is 5.32 Å².